The van der Waals surface area contributed by atoms with Gasteiger partial charge in [-0.15, -0.1) is 0 Å². The second kappa shape index (κ2) is 20.6. The molecule has 10 bridgehead atoms. The molecular weight excluding hydrogens is 1250 g/mol. The van der Waals surface area contributed by atoms with E-state index >= 15 is 38.4 Å². The van der Waals surface area contributed by atoms with E-state index in [4.69, 9.17) is 23.7 Å². The molecule has 534 valence electrons. The van der Waals surface area contributed by atoms with E-state index in [1.165, 1.54) is 41.5 Å². The lowest BCUT2D eigenvalue weighted by molar-refractivity contribution is -0.171. The largest absolute Gasteiger partial charge is 0.448 e. The summed E-state index contributed by atoms with van der Waals surface area (Å²) in [6.45, 7) is 34.8. The van der Waals surface area contributed by atoms with Crippen LogP contribution < -0.4 is 26.6 Å². The summed E-state index contributed by atoms with van der Waals surface area (Å²) in [4.78, 5) is 222. The Hall–Kier alpha value is -6.95. The maximum Gasteiger partial charge on any atom is 0.313 e. The minimum Gasteiger partial charge on any atom is -0.448 e. The van der Waals surface area contributed by atoms with Crippen molar-refractivity contribution in [2.24, 2.45) is 81.2 Å². The number of carbonyl (C=O) groups excluding carboxylic acids is 15. The minimum absolute atomic E-state index is 0.0116. The van der Waals surface area contributed by atoms with Crippen LogP contribution in [0.1, 0.15) is 249 Å². The lowest BCUT2D eigenvalue weighted by Crippen LogP contribution is -2.61. The highest BCUT2D eigenvalue weighted by atomic mass is 16.6. The topological polar surface area (TPSA) is 362 Å². The van der Waals surface area contributed by atoms with Gasteiger partial charge in [-0.3, -0.25) is 98.5 Å². The fraction of sp³-hybridized carbons (Fsp3) is 0.792. The van der Waals surface area contributed by atoms with Crippen molar-refractivity contribution < 1.29 is 95.6 Å². The van der Waals surface area contributed by atoms with Crippen LogP contribution >= 0.6 is 0 Å². The molecule has 10 aliphatic rings. The van der Waals surface area contributed by atoms with Crippen LogP contribution in [0.15, 0.2) is 0 Å². The zero-order chi connectivity index (χ0) is 73.3. The van der Waals surface area contributed by atoms with Gasteiger partial charge < -0.3 is 23.7 Å². The second-order valence-corrected chi connectivity index (χ2v) is 36.5. The zero-order valence-electron chi connectivity index (χ0n) is 60.8. The zero-order valence-corrected chi connectivity index (χ0v) is 60.8. The van der Waals surface area contributed by atoms with Crippen molar-refractivity contribution in [3.63, 3.8) is 0 Å². The Kier molecular flexibility index (Phi) is 15.5. The van der Waals surface area contributed by atoms with Gasteiger partial charge in [0, 0.05) is 54.1 Å². The second-order valence-electron chi connectivity index (χ2n) is 36.5. The number of carbonyl (C=O) groups is 15. The lowest BCUT2D eigenvalue weighted by atomic mass is 9.58. The summed E-state index contributed by atoms with van der Waals surface area (Å²) < 4.78 is 29.5. The summed E-state index contributed by atoms with van der Waals surface area (Å²) in [7, 11) is 0. The van der Waals surface area contributed by atoms with E-state index in [0.717, 1.165) is 0 Å². The average Bonchev–Trinajstić information content (AvgIpc) is 1.56. The van der Waals surface area contributed by atoms with E-state index in [2.05, 4.69) is 26.6 Å². The number of rotatable bonds is 19. The molecule has 5 aliphatic heterocycles. The minimum atomic E-state index is -2.40. The molecule has 5 saturated heterocycles. The highest BCUT2D eigenvalue weighted by Crippen LogP contribution is 2.70. The maximum absolute atomic E-state index is 16.4. The Balaban J connectivity index is 1.10. The van der Waals surface area contributed by atoms with Gasteiger partial charge in [-0.1, -0.05) is 118 Å². The molecule has 0 radical (unpaired) electrons. The molecule has 14 atom stereocenters. The van der Waals surface area contributed by atoms with Crippen LogP contribution in [0.2, 0.25) is 0 Å². The van der Waals surface area contributed by atoms with Crippen molar-refractivity contribution in [3.05, 3.63) is 0 Å². The van der Waals surface area contributed by atoms with Crippen molar-refractivity contribution in [1.29, 1.82) is 0 Å². The first-order valence-electron chi connectivity index (χ1n) is 34.3. The third-order valence-corrected chi connectivity index (χ3v) is 30.1. The van der Waals surface area contributed by atoms with Crippen LogP contribution in [-0.2, 0) is 95.6 Å². The number of imide groups is 5. The van der Waals surface area contributed by atoms with Crippen LogP contribution in [0, 0.1) is 81.2 Å². The van der Waals surface area contributed by atoms with Gasteiger partial charge in [-0.2, -0.15) is 0 Å². The monoisotopic (exact) mass is 1360 g/mol. The molecule has 97 heavy (non-hydrogen) atoms. The fourth-order valence-corrected chi connectivity index (χ4v) is 20.2. The molecule has 5 heterocycles. The first-order chi connectivity index (χ1) is 43.8. The molecule has 5 saturated carbocycles. The van der Waals surface area contributed by atoms with Gasteiger partial charge in [0.25, 0.3) is 29.5 Å². The molecule has 5 N–H and O–H groups in total. The predicted octanol–water partition coefficient (Wildman–Crippen LogP) is 6.83. The van der Waals surface area contributed by atoms with Gasteiger partial charge in [-0.05, 0) is 131 Å². The first kappa shape index (κ1) is 72.8. The number of amides is 10. The number of nitrogens with one attached hydrogen (secondary N) is 5. The van der Waals surface area contributed by atoms with Gasteiger partial charge in [0.05, 0.1) is 27.1 Å². The number of fused-ring (bicyclic) bond motifs is 10. The molecule has 14 unspecified atom stereocenters. The average molecular weight is 1360 g/mol. The number of esters is 5. The van der Waals surface area contributed by atoms with Crippen molar-refractivity contribution in [2.75, 3.05) is 0 Å². The molecule has 10 fully saturated rings. The Bertz CT molecular complexity index is 3720. The smallest absolute Gasteiger partial charge is 0.313 e. The predicted molar refractivity (Wildman–Crippen MR) is 340 cm³/mol. The van der Waals surface area contributed by atoms with E-state index in [1.54, 1.807) is 111 Å². The Labute approximate surface area is 566 Å². The van der Waals surface area contributed by atoms with Crippen molar-refractivity contribution in [2.45, 2.75) is 277 Å². The van der Waals surface area contributed by atoms with Crippen LogP contribution in [0.5, 0.6) is 0 Å². The summed E-state index contributed by atoms with van der Waals surface area (Å²) in [5.41, 5.74) is -31.8. The molecule has 25 heteroatoms. The molecule has 0 aromatic heterocycles. The van der Waals surface area contributed by atoms with E-state index in [0.29, 0.717) is 0 Å². The van der Waals surface area contributed by atoms with Crippen LogP contribution in [-0.4, -0.2) is 117 Å². The normalized spacial score (nSPS) is 38.2. The SMILES string of the molecule is CCC(C)(CC(C)(CC(C)(CC(C)(CC(C)(C)C(=O)NC(=O)C12CCC(C)(C(=O)O1)C2(C)C)C(=O)NC(=O)C12CCC(C)(C(=O)O1)C2(C)C)C(=O)NC(=O)C12CCC(C)(C(=O)O1)C2(C)C)C(=O)NC(=O)C12CCC(C)(C(=O)O1)C2(C)C)C(=O)NC(=O)C12CCC(C)(C(=O)O1)C2(C)C. The highest BCUT2D eigenvalue weighted by Gasteiger charge is 2.81. The molecule has 0 aromatic rings. The Morgan fingerprint density at radius 2 is 0.464 bits per heavy atom. The van der Waals surface area contributed by atoms with Gasteiger partial charge in [0.15, 0.2) is 28.0 Å². The van der Waals surface area contributed by atoms with Crippen LogP contribution in [0.3, 0.4) is 0 Å². The number of ether oxygens (including phenoxy) is 5. The van der Waals surface area contributed by atoms with Crippen LogP contribution in [0.4, 0.5) is 0 Å². The molecule has 0 spiro atoms. The molecule has 5 aliphatic carbocycles. The van der Waals surface area contributed by atoms with Crippen molar-refractivity contribution in [3.8, 4) is 0 Å². The van der Waals surface area contributed by atoms with Gasteiger partial charge >= 0.3 is 29.8 Å². The summed E-state index contributed by atoms with van der Waals surface area (Å²) in [5, 5.41) is 12.5. The summed E-state index contributed by atoms with van der Waals surface area (Å²) in [6.07, 6.45) is -2.00. The number of hydrogen-bond acceptors (Lipinski definition) is 20. The fourth-order valence-electron chi connectivity index (χ4n) is 20.2. The lowest BCUT2D eigenvalue weighted by Gasteiger charge is -2.46. The third-order valence-electron chi connectivity index (χ3n) is 30.1. The Morgan fingerprint density at radius 1 is 0.289 bits per heavy atom. The summed E-state index contributed by atoms with van der Waals surface area (Å²) in [5.74, 6) is -13.8. The van der Waals surface area contributed by atoms with E-state index in [1.807, 2.05) is 0 Å². The van der Waals surface area contributed by atoms with Crippen molar-refractivity contribution >= 4 is 88.9 Å². The number of hydrogen-bond donors (Lipinski definition) is 5. The third kappa shape index (κ3) is 8.60. The molecule has 10 rings (SSSR count). The van der Waals surface area contributed by atoms with Gasteiger partial charge in [0.1, 0.15) is 0 Å². The molecule has 0 aromatic carbocycles. The van der Waals surface area contributed by atoms with Gasteiger partial charge in [0.2, 0.25) is 29.5 Å². The van der Waals surface area contributed by atoms with E-state index in [9.17, 15) is 33.6 Å². The van der Waals surface area contributed by atoms with Gasteiger partial charge in [-0.25, -0.2) is 0 Å². The summed E-state index contributed by atoms with van der Waals surface area (Å²) in [6, 6.07) is 0. The van der Waals surface area contributed by atoms with E-state index in [-0.39, 0.29) is 70.6 Å². The molecule has 25 nitrogen and oxygen atoms in total. The molecular formula is C72H101N5O20. The quantitative estimate of drug-likeness (QED) is 0.0653. The first-order valence-corrected chi connectivity index (χ1v) is 34.3. The Morgan fingerprint density at radius 3 is 0.639 bits per heavy atom. The highest BCUT2D eigenvalue weighted by molar-refractivity contribution is 6.11. The standard InChI is InChI=1S/C72H101N5O20/c1-23-59(14,39(79)74-44(84)69-30-25-64(19,49(89)94-69)55(69,6)7)35-61(16,41(81)76-46(86)71-32-27-66(21,51(91)96-71)57(71,10)11)37-62(17,42(82)77-47(87)72-33-28-67(22,52(92)97-72)58(72,12)13)36-60(15,40(80)75-45(85)70-31-26-65(20,50(90)95-70)56(70,8)9)34-53(2,3)38(78)73-43(83)68-29-24-63(18,48(88)93-68)54(68,4)5/h23-37H2,1-22H3,(H,73,78,83)(H,74,79,84)(H,75,80,85)(H,76,81,86)(H,77,82,87). The molecule has 10 amide bonds. The van der Waals surface area contributed by atoms with E-state index < -0.39 is 224 Å². The van der Waals surface area contributed by atoms with Crippen molar-refractivity contribution in [1.82, 2.24) is 26.6 Å². The summed E-state index contributed by atoms with van der Waals surface area (Å²) >= 11 is 0. The van der Waals surface area contributed by atoms with Crippen LogP contribution in [0.25, 0.3) is 0 Å². The maximum atomic E-state index is 16.4.